The molecule has 1 N–H and O–H groups in total. The molecular weight excluding hydrogens is 247 g/mol. The zero-order valence-corrected chi connectivity index (χ0v) is 9.55. The predicted molar refractivity (Wildman–Crippen MR) is 56.7 cm³/mol. The van der Waals surface area contributed by atoms with Gasteiger partial charge in [-0.25, -0.2) is 4.39 Å². The van der Waals surface area contributed by atoms with E-state index in [4.69, 9.17) is 4.84 Å². The molecule has 1 fully saturated rings. The summed E-state index contributed by atoms with van der Waals surface area (Å²) >= 11 is 1.46. The molecule has 0 spiro atoms. The van der Waals surface area contributed by atoms with Crippen LogP contribution in [-0.4, -0.2) is 22.7 Å². The van der Waals surface area contributed by atoms with Gasteiger partial charge in [-0.05, 0) is 5.38 Å². The smallest absolute Gasteiger partial charge is 0.282 e. The van der Waals surface area contributed by atoms with E-state index < -0.39 is 17.6 Å². The molecule has 5 nitrogen and oxygen atoms in total. The summed E-state index contributed by atoms with van der Waals surface area (Å²) in [5.41, 5.74) is 0.858. The number of imide groups is 1. The molecule has 0 bridgehead atoms. The lowest BCUT2D eigenvalue weighted by Gasteiger charge is -2.33. The van der Waals surface area contributed by atoms with Crippen LogP contribution in [0.4, 0.5) is 4.39 Å². The number of thiophene rings is 1. The number of rotatable bonds is 1. The van der Waals surface area contributed by atoms with Gasteiger partial charge in [0, 0.05) is 23.8 Å². The van der Waals surface area contributed by atoms with E-state index in [0.717, 1.165) is 10.6 Å². The van der Waals surface area contributed by atoms with E-state index in [1.807, 2.05) is 10.7 Å². The third-order valence-electron chi connectivity index (χ3n) is 2.90. The van der Waals surface area contributed by atoms with Gasteiger partial charge in [0.25, 0.3) is 11.7 Å². The summed E-state index contributed by atoms with van der Waals surface area (Å²) in [4.78, 5) is 27.8. The summed E-state index contributed by atoms with van der Waals surface area (Å²) in [5, 5.41) is 6.61. The van der Waals surface area contributed by atoms with Crippen LogP contribution < -0.4 is 10.2 Å². The molecule has 1 aromatic heterocycles. The van der Waals surface area contributed by atoms with Crippen LogP contribution in [0.5, 0.6) is 5.75 Å². The van der Waals surface area contributed by atoms with E-state index in [0.29, 0.717) is 5.75 Å². The van der Waals surface area contributed by atoms with Crippen molar-refractivity contribution in [3.05, 3.63) is 16.3 Å². The number of fused-ring (bicyclic) bond motifs is 1. The zero-order chi connectivity index (χ0) is 12.0. The fourth-order valence-corrected chi connectivity index (χ4v) is 2.67. The topological polar surface area (TPSA) is 58.6 Å². The van der Waals surface area contributed by atoms with Gasteiger partial charge in [0.2, 0.25) is 5.91 Å². The van der Waals surface area contributed by atoms with Crippen LogP contribution in [-0.2, 0) is 16.1 Å². The predicted octanol–water partition coefficient (Wildman–Crippen LogP) is 0.960. The Labute approximate surface area is 100 Å². The van der Waals surface area contributed by atoms with Crippen LogP contribution in [0, 0.1) is 0 Å². The van der Waals surface area contributed by atoms with Crippen LogP contribution in [0.3, 0.4) is 0 Å². The van der Waals surface area contributed by atoms with E-state index in [1.54, 1.807) is 5.38 Å². The standard InChI is InChI=1S/C10H9FN2O3S/c11-10(2-1-8(14)12-9(10)15)13-3-6-4-17-5-7(6)16-13/h4-5H,1-3H2,(H,12,14,15)/t10-/m0/s1. The Kier molecular flexibility index (Phi) is 2.20. The van der Waals surface area contributed by atoms with E-state index in [9.17, 15) is 14.0 Å². The number of halogens is 1. The number of hydrogen-bond donors (Lipinski definition) is 1. The summed E-state index contributed by atoms with van der Waals surface area (Å²) in [7, 11) is 0. The number of carbonyl (C=O) groups excluding carboxylic acids is 2. The maximum Gasteiger partial charge on any atom is 0.282 e. The van der Waals surface area contributed by atoms with Crippen LogP contribution in [0.25, 0.3) is 0 Å². The van der Waals surface area contributed by atoms with Gasteiger partial charge in [-0.2, -0.15) is 0 Å². The maximum absolute atomic E-state index is 14.5. The first-order valence-electron chi connectivity index (χ1n) is 5.13. The van der Waals surface area contributed by atoms with Gasteiger partial charge in [0.15, 0.2) is 5.75 Å². The highest BCUT2D eigenvalue weighted by Gasteiger charge is 2.52. The number of hydrogen-bond acceptors (Lipinski definition) is 5. The second kappa shape index (κ2) is 3.51. The number of nitrogens with one attached hydrogen (secondary N) is 1. The minimum absolute atomic E-state index is 0.0189. The lowest BCUT2D eigenvalue weighted by molar-refractivity contribution is -0.208. The Bertz CT molecular complexity index is 483. The second-order valence-electron chi connectivity index (χ2n) is 4.03. The Morgan fingerprint density at radius 3 is 3.00 bits per heavy atom. The summed E-state index contributed by atoms with van der Waals surface area (Å²) in [6, 6.07) is 0. The Balaban J connectivity index is 1.83. The normalized spacial score (nSPS) is 28.8. The zero-order valence-electron chi connectivity index (χ0n) is 8.73. The molecule has 2 amide bonds. The number of nitrogens with zero attached hydrogens (tertiary/aromatic N) is 1. The fourth-order valence-electron chi connectivity index (χ4n) is 1.93. The van der Waals surface area contributed by atoms with Crippen molar-refractivity contribution >= 4 is 23.2 Å². The molecule has 2 aliphatic rings. The maximum atomic E-state index is 14.5. The Hall–Kier alpha value is -1.47. The lowest BCUT2D eigenvalue weighted by atomic mass is 10.0. The lowest BCUT2D eigenvalue weighted by Crippen LogP contribution is -2.60. The van der Waals surface area contributed by atoms with Crippen molar-refractivity contribution in [1.29, 1.82) is 0 Å². The number of alkyl halides is 1. The van der Waals surface area contributed by atoms with Gasteiger partial charge < -0.3 is 4.84 Å². The van der Waals surface area contributed by atoms with E-state index in [2.05, 4.69) is 0 Å². The first-order chi connectivity index (χ1) is 8.09. The Morgan fingerprint density at radius 2 is 2.29 bits per heavy atom. The van der Waals surface area contributed by atoms with Crippen LogP contribution in [0.15, 0.2) is 10.8 Å². The van der Waals surface area contributed by atoms with Crippen molar-refractivity contribution in [2.75, 3.05) is 0 Å². The van der Waals surface area contributed by atoms with Gasteiger partial charge in [-0.3, -0.25) is 14.9 Å². The quantitative estimate of drug-likeness (QED) is 0.600. The third-order valence-corrected chi connectivity index (χ3v) is 3.67. The van der Waals surface area contributed by atoms with Crippen molar-refractivity contribution in [3.63, 3.8) is 0 Å². The number of carbonyl (C=O) groups is 2. The van der Waals surface area contributed by atoms with E-state index in [1.165, 1.54) is 11.3 Å². The van der Waals surface area contributed by atoms with Crippen LogP contribution >= 0.6 is 11.3 Å². The van der Waals surface area contributed by atoms with Gasteiger partial charge in [0.05, 0.1) is 6.54 Å². The van der Waals surface area contributed by atoms with Crippen molar-refractivity contribution in [3.8, 4) is 5.75 Å². The van der Waals surface area contributed by atoms with Crippen molar-refractivity contribution in [2.24, 2.45) is 0 Å². The Morgan fingerprint density at radius 1 is 1.47 bits per heavy atom. The third kappa shape index (κ3) is 1.54. The van der Waals surface area contributed by atoms with Gasteiger partial charge in [-0.1, -0.05) is 5.06 Å². The molecule has 2 aliphatic heterocycles. The molecule has 17 heavy (non-hydrogen) atoms. The molecule has 0 radical (unpaired) electrons. The molecule has 0 aliphatic carbocycles. The largest absolute Gasteiger partial charge is 0.401 e. The van der Waals surface area contributed by atoms with Crippen molar-refractivity contribution in [1.82, 2.24) is 10.4 Å². The van der Waals surface area contributed by atoms with E-state index in [-0.39, 0.29) is 19.4 Å². The summed E-state index contributed by atoms with van der Waals surface area (Å²) in [5.74, 6) is -3.07. The molecule has 3 heterocycles. The molecule has 1 aromatic rings. The highest BCUT2D eigenvalue weighted by atomic mass is 32.1. The SMILES string of the molecule is O=C1CC[C@](F)(N2Cc3cscc3O2)C(=O)N1. The highest BCUT2D eigenvalue weighted by molar-refractivity contribution is 7.08. The number of amides is 2. The van der Waals surface area contributed by atoms with Gasteiger partial charge in [-0.15, -0.1) is 11.3 Å². The van der Waals surface area contributed by atoms with Crippen molar-refractivity contribution < 1.29 is 18.8 Å². The molecule has 0 aromatic carbocycles. The first kappa shape index (κ1) is 10.7. The summed E-state index contributed by atoms with van der Waals surface area (Å²) in [6.07, 6.45) is -0.194. The van der Waals surface area contributed by atoms with E-state index >= 15 is 0 Å². The highest BCUT2D eigenvalue weighted by Crippen LogP contribution is 2.38. The average Bonchev–Trinajstić information content (AvgIpc) is 2.84. The monoisotopic (exact) mass is 256 g/mol. The molecule has 3 rings (SSSR count). The van der Waals surface area contributed by atoms with Gasteiger partial charge in [0.1, 0.15) is 0 Å². The van der Waals surface area contributed by atoms with Crippen LogP contribution in [0.2, 0.25) is 0 Å². The molecular formula is C10H9FN2O3S. The molecule has 0 saturated carbocycles. The fraction of sp³-hybridized carbons (Fsp3) is 0.400. The minimum atomic E-state index is -2.26. The molecule has 90 valence electrons. The van der Waals surface area contributed by atoms with Gasteiger partial charge >= 0.3 is 0 Å². The molecule has 7 heteroatoms. The average molecular weight is 256 g/mol. The molecule has 0 unspecified atom stereocenters. The number of piperidine rings is 1. The van der Waals surface area contributed by atoms with Crippen molar-refractivity contribution in [2.45, 2.75) is 25.2 Å². The van der Waals surface area contributed by atoms with Crippen LogP contribution in [0.1, 0.15) is 18.4 Å². The molecule has 1 atom stereocenters. The number of hydroxylamine groups is 2. The molecule has 1 saturated heterocycles. The minimum Gasteiger partial charge on any atom is -0.401 e. The second-order valence-corrected chi connectivity index (χ2v) is 4.77. The first-order valence-corrected chi connectivity index (χ1v) is 6.08. The summed E-state index contributed by atoms with van der Waals surface area (Å²) < 4.78 is 14.5. The summed E-state index contributed by atoms with van der Waals surface area (Å²) in [6.45, 7) is 0.219.